The first kappa shape index (κ1) is 22.6. The number of thioether (sulfide) groups is 1. The predicted octanol–water partition coefficient (Wildman–Crippen LogP) is 2.55. The molecule has 2 rings (SSSR count). The molecule has 0 amide bonds. The second kappa shape index (κ2) is 10.2. The molecule has 0 aliphatic rings. The number of aliphatic hydroxyl groups excluding tert-OH is 1. The van der Waals surface area contributed by atoms with Crippen LogP contribution in [0.5, 0.6) is 5.75 Å². The fourth-order valence-electron chi connectivity index (χ4n) is 2.66. The van der Waals surface area contributed by atoms with E-state index >= 15 is 0 Å². The molecule has 11 nitrogen and oxygen atoms in total. The third-order valence-corrected chi connectivity index (χ3v) is 5.13. The fourth-order valence-corrected chi connectivity index (χ4v) is 3.70. The lowest BCUT2D eigenvalue weighted by Gasteiger charge is -2.12. The van der Waals surface area contributed by atoms with Crippen molar-refractivity contribution in [3.63, 3.8) is 0 Å². The minimum absolute atomic E-state index is 0.0962. The molecule has 1 atom stereocenters. The Morgan fingerprint density at radius 1 is 1.31 bits per heavy atom. The molecule has 0 spiro atoms. The van der Waals surface area contributed by atoms with Crippen LogP contribution in [0.2, 0.25) is 0 Å². The summed E-state index contributed by atoms with van der Waals surface area (Å²) in [6.45, 7) is 3.87. The van der Waals surface area contributed by atoms with Crippen LogP contribution in [0.15, 0.2) is 23.2 Å². The van der Waals surface area contributed by atoms with Gasteiger partial charge in [-0.2, -0.15) is 0 Å². The molecule has 0 saturated carbocycles. The van der Waals surface area contributed by atoms with Crippen molar-refractivity contribution in [1.82, 2.24) is 9.55 Å². The SMILES string of the molecule is CCOc1ccc(Cn2c(C)nc([N+](=O)[O-])c2SCC(O)COC)cc1[N+](=O)[O-]. The first-order valence-electron chi connectivity index (χ1n) is 8.69. The number of imidazole rings is 1. The Bertz CT molecular complexity index is 887. The van der Waals surface area contributed by atoms with E-state index in [1.165, 1.54) is 19.2 Å². The quantitative estimate of drug-likeness (QED) is 0.326. The summed E-state index contributed by atoms with van der Waals surface area (Å²) in [5.74, 6) is 0.393. The maximum Gasteiger partial charge on any atom is 0.396 e. The van der Waals surface area contributed by atoms with Gasteiger partial charge in [-0.15, -0.1) is 0 Å². The highest BCUT2D eigenvalue weighted by atomic mass is 32.2. The molecule has 12 heteroatoms. The maximum absolute atomic E-state index is 11.4. The standard InChI is InChI=1S/C17H22N4O7S/c1-4-28-15-6-5-12(7-14(15)20(23)24)8-19-11(2)18-16(21(25)26)17(19)29-10-13(22)9-27-3/h5-7,13,22H,4,8-10H2,1-3H3. The van der Waals surface area contributed by atoms with Crippen molar-refractivity contribution >= 4 is 23.3 Å². The Morgan fingerprint density at radius 3 is 2.62 bits per heavy atom. The molecule has 1 aromatic carbocycles. The molecule has 1 unspecified atom stereocenters. The van der Waals surface area contributed by atoms with Crippen LogP contribution in [0, 0.1) is 27.2 Å². The smallest absolute Gasteiger partial charge is 0.396 e. The lowest BCUT2D eigenvalue weighted by molar-refractivity contribution is -0.392. The van der Waals surface area contributed by atoms with E-state index in [0.717, 1.165) is 11.8 Å². The molecule has 0 aliphatic heterocycles. The molecule has 158 valence electrons. The molecule has 2 aromatic rings. The Labute approximate surface area is 170 Å². The molecule has 29 heavy (non-hydrogen) atoms. The van der Waals surface area contributed by atoms with E-state index in [-0.39, 0.29) is 47.8 Å². The van der Waals surface area contributed by atoms with Crippen molar-refractivity contribution in [2.24, 2.45) is 0 Å². The second-order valence-corrected chi connectivity index (χ2v) is 7.05. The van der Waals surface area contributed by atoms with Gasteiger partial charge < -0.3 is 24.7 Å². The largest absolute Gasteiger partial charge is 0.487 e. The second-order valence-electron chi connectivity index (χ2n) is 6.04. The molecule has 0 bridgehead atoms. The zero-order valence-electron chi connectivity index (χ0n) is 16.2. The minimum Gasteiger partial charge on any atom is -0.487 e. The number of hydrogen-bond acceptors (Lipinski definition) is 9. The van der Waals surface area contributed by atoms with Crippen molar-refractivity contribution in [1.29, 1.82) is 0 Å². The first-order chi connectivity index (χ1) is 13.8. The van der Waals surface area contributed by atoms with Gasteiger partial charge in [-0.25, -0.2) is 0 Å². The monoisotopic (exact) mass is 426 g/mol. The average Bonchev–Trinajstić information content (AvgIpc) is 2.97. The third-order valence-electron chi connectivity index (χ3n) is 3.90. The van der Waals surface area contributed by atoms with Crippen LogP contribution >= 0.6 is 11.8 Å². The van der Waals surface area contributed by atoms with Gasteiger partial charge in [-0.1, -0.05) is 17.8 Å². The topological polar surface area (TPSA) is 143 Å². The predicted molar refractivity (Wildman–Crippen MR) is 106 cm³/mol. The van der Waals surface area contributed by atoms with Crippen LogP contribution < -0.4 is 4.74 Å². The van der Waals surface area contributed by atoms with Crippen molar-refractivity contribution in [2.45, 2.75) is 31.5 Å². The van der Waals surface area contributed by atoms with E-state index < -0.39 is 16.0 Å². The highest BCUT2D eigenvalue weighted by Gasteiger charge is 2.27. The summed E-state index contributed by atoms with van der Waals surface area (Å²) in [7, 11) is 1.45. The minimum atomic E-state index is -0.806. The Hall–Kier alpha value is -2.70. The maximum atomic E-state index is 11.4. The van der Waals surface area contributed by atoms with Crippen LogP contribution in [0.25, 0.3) is 0 Å². The molecule has 0 aliphatic carbocycles. The average molecular weight is 426 g/mol. The number of rotatable bonds is 11. The van der Waals surface area contributed by atoms with E-state index in [1.54, 1.807) is 24.5 Å². The summed E-state index contributed by atoms with van der Waals surface area (Å²) >= 11 is 1.08. The van der Waals surface area contributed by atoms with Gasteiger partial charge in [0.2, 0.25) is 5.82 Å². The molecule has 1 aromatic heterocycles. The molecule has 0 fully saturated rings. The van der Waals surface area contributed by atoms with Gasteiger partial charge in [0.25, 0.3) is 0 Å². The number of hydrogen-bond donors (Lipinski definition) is 1. The molecule has 1 heterocycles. The summed E-state index contributed by atoms with van der Waals surface area (Å²) < 4.78 is 11.8. The zero-order chi connectivity index (χ0) is 21.6. The summed E-state index contributed by atoms with van der Waals surface area (Å²) in [5, 5.41) is 32.9. The van der Waals surface area contributed by atoms with E-state index in [9.17, 15) is 25.3 Å². The van der Waals surface area contributed by atoms with Crippen LogP contribution in [-0.2, 0) is 11.3 Å². The van der Waals surface area contributed by atoms with E-state index in [1.807, 2.05) is 0 Å². The van der Waals surface area contributed by atoms with Crippen LogP contribution in [0.3, 0.4) is 0 Å². The van der Waals surface area contributed by atoms with Crippen molar-refractivity contribution in [2.75, 3.05) is 26.1 Å². The van der Waals surface area contributed by atoms with Gasteiger partial charge in [0.05, 0.1) is 30.8 Å². The Morgan fingerprint density at radius 2 is 2.03 bits per heavy atom. The molecular formula is C17H22N4O7S. The van der Waals surface area contributed by atoms with E-state index in [0.29, 0.717) is 11.4 Å². The fraction of sp³-hybridized carbons (Fsp3) is 0.471. The van der Waals surface area contributed by atoms with Gasteiger partial charge in [-0.3, -0.25) is 14.7 Å². The Balaban J connectivity index is 2.37. The van der Waals surface area contributed by atoms with Crippen LogP contribution in [0.1, 0.15) is 18.3 Å². The summed E-state index contributed by atoms with van der Waals surface area (Å²) in [6, 6.07) is 4.55. The Kier molecular flexibility index (Phi) is 7.93. The van der Waals surface area contributed by atoms with E-state index in [2.05, 4.69) is 4.98 Å². The first-order valence-corrected chi connectivity index (χ1v) is 9.68. The number of nitro benzene ring substituents is 1. The van der Waals surface area contributed by atoms with Crippen molar-refractivity contribution < 1.29 is 24.4 Å². The lowest BCUT2D eigenvalue weighted by atomic mass is 10.2. The molecular weight excluding hydrogens is 404 g/mol. The lowest BCUT2D eigenvalue weighted by Crippen LogP contribution is -2.17. The number of aryl methyl sites for hydroxylation is 1. The number of methoxy groups -OCH3 is 1. The summed E-state index contributed by atoms with van der Waals surface area (Å²) in [5.41, 5.74) is 0.385. The normalized spacial score (nSPS) is 12.0. The van der Waals surface area contributed by atoms with Crippen LogP contribution in [-0.4, -0.2) is 56.7 Å². The number of aromatic nitrogens is 2. The number of nitro groups is 2. The molecule has 0 saturated heterocycles. The van der Waals surface area contributed by atoms with Gasteiger partial charge >= 0.3 is 11.5 Å². The van der Waals surface area contributed by atoms with Crippen molar-refractivity contribution in [3.8, 4) is 5.75 Å². The number of aliphatic hydroxyl groups is 1. The van der Waals surface area contributed by atoms with Gasteiger partial charge in [0.1, 0.15) is 0 Å². The number of benzene rings is 1. The molecule has 1 N–H and O–H groups in total. The highest BCUT2D eigenvalue weighted by molar-refractivity contribution is 7.99. The summed E-state index contributed by atoms with van der Waals surface area (Å²) in [4.78, 5) is 25.6. The summed E-state index contributed by atoms with van der Waals surface area (Å²) in [6.07, 6.45) is -0.806. The van der Waals surface area contributed by atoms with Crippen LogP contribution in [0.4, 0.5) is 11.5 Å². The highest BCUT2D eigenvalue weighted by Crippen LogP contribution is 2.33. The van der Waals surface area contributed by atoms with Gasteiger partial charge in [0.15, 0.2) is 10.8 Å². The third kappa shape index (κ3) is 5.65. The number of nitrogens with zero attached hydrogens (tertiary/aromatic N) is 4. The van der Waals surface area contributed by atoms with E-state index in [4.69, 9.17) is 9.47 Å². The van der Waals surface area contributed by atoms with Gasteiger partial charge in [0, 0.05) is 25.9 Å². The van der Waals surface area contributed by atoms with Crippen molar-refractivity contribution in [3.05, 3.63) is 49.8 Å². The van der Waals surface area contributed by atoms with Gasteiger partial charge in [-0.05, 0) is 28.5 Å². The zero-order valence-corrected chi connectivity index (χ0v) is 17.0. The molecule has 0 radical (unpaired) electrons. The number of ether oxygens (including phenoxy) is 2.